The third kappa shape index (κ3) is 3.77. The fourth-order valence-corrected chi connectivity index (χ4v) is 10.8. The molecular weight excluding hydrogens is 467 g/mol. The molecule has 2 unspecified atom stereocenters. The molecule has 0 fully saturated rings. The molecule has 2 aliphatic rings. The minimum absolute atomic E-state index is 0.343. The van der Waals surface area contributed by atoms with Crippen LogP contribution < -0.4 is 15.9 Å². The zero-order valence-corrected chi connectivity index (χ0v) is 23.4. The fraction of sp³-hybridized carbons (Fsp3) is 0.176. The first kappa shape index (κ1) is 23.4. The van der Waals surface area contributed by atoms with E-state index >= 15 is 0 Å². The van der Waals surface area contributed by atoms with Crippen molar-refractivity contribution in [1.29, 1.82) is 0 Å². The molecule has 0 amide bonds. The first-order valence-corrected chi connectivity index (χ1v) is 16.8. The van der Waals surface area contributed by atoms with Crippen molar-refractivity contribution >= 4 is 44.3 Å². The Kier molecular flexibility index (Phi) is 6.16. The molecule has 0 aromatic heterocycles. The quantitative estimate of drug-likeness (QED) is 0.194. The summed E-state index contributed by atoms with van der Waals surface area (Å²) in [7, 11) is -1.24. The van der Waals surface area contributed by atoms with Crippen LogP contribution in [0.15, 0.2) is 114 Å². The lowest BCUT2D eigenvalue weighted by atomic mass is 9.84. The van der Waals surface area contributed by atoms with Crippen molar-refractivity contribution in [1.82, 2.24) is 0 Å². The predicted molar refractivity (Wildman–Crippen MR) is 161 cm³/mol. The van der Waals surface area contributed by atoms with Gasteiger partial charge in [0.2, 0.25) is 0 Å². The smallest absolute Gasteiger partial charge is 0.0552 e. The summed E-state index contributed by atoms with van der Waals surface area (Å²) in [6.07, 6.45) is 2.41. The molecule has 0 saturated carbocycles. The van der Waals surface area contributed by atoms with Crippen molar-refractivity contribution in [2.24, 2.45) is 0 Å². The lowest BCUT2D eigenvalue weighted by Gasteiger charge is -2.26. The monoisotopic (exact) mass is 499 g/mol. The second kappa shape index (κ2) is 9.47. The third-order valence-corrected chi connectivity index (χ3v) is 12.2. The molecular formula is C34H32PSi. The highest BCUT2D eigenvalue weighted by molar-refractivity contribution is 7.80. The summed E-state index contributed by atoms with van der Waals surface area (Å²) in [4.78, 5) is 0. The third-order valence-electron chi connectivity index (χ3n) is 7.79. The number of hydrogen-bond donors (Lipinski definition) is 0. The van der Waals surface area contributed by atoms with Crippen LogP contribution in [0.1, 0.15) is 47.6 Å². The lowest BCUT2D eigenvalue weighted by molar-refractivity contribution is 1.03. The van der Waals surface area contributed by atoms with Gasteiger partial charge in [-0.3, -0.25) is 0 Å². The Morgan fingerprint density at radius 2 is 1.22 bits per heavy atom. The van der Waals surface area contributed by atoms with Crippen LogP contribution in [-0.4, -0.2) is 8.80 Å². The molecule has 0 aliphatic heterocycles. The zero-order chi connectivity index (χ0) is 24.8. The first-order valence-electron chi connectivity index (χ1n) is 12.9. The van der Waals surface area contributed by atoms with E-state index in [4.69, 9.17) is 0 Å². The van der Waals surface area contributed by atoms with Crippen LogP contribution in [0.2, 0.25) is 13.1 Å². The topological polar surface area (TPSA) is 0 Å². The van der Waals surface area contributed by atoms with Gasteiger partial charge < -0.3 is 0 Å². The minimum atomic E-state index is -0.671. The number of fused-ring (bicyclic) bond motifs is 2. The molecule has 0 spiro atoms. The van der Waals surface area contributed by atoms with E-state index in [0.29, 0.717) is 11.5 Å². The molecule has 177 valence electrons. The molecule has 0 bridgehead atoms. The van der Waals surface area contributed by atoms with Crippen LogP contribution in [0.4, 0.5) is 0 Å². The summed E-state index contributed by atoms with van der Waals surface area (Å²) in [6.45, 7) is 9.74. The highest BCUT2D eigenvalue weighted by Gasteiger charge is 2.40. The number of hydrogen-bond acceptors (Lipinski definition) is 0. The molecule has 2 aliphatic carbocycles. The van der Waals surface area contributed by atoms with Crippen molar-refractivity contribution in [2.75, 3.05) is 0 Å². The van der Waals surface area contributed by atoms with Gasteiger partial charge in [-0.05, 0) is 71.1 Å². The maximum atomic E-state index is 2.49. The van der Waals surface area contributed by atoms with E-state index in [-0.39, 0.29) is 0 Å². The van der Waals surface area contributed by atoms with Crippen LogP contribution in [0.3, 0.4) is 0 Å². The summed E-state index contributed by atoms with van der Waals surface area (Å²) >= 11 is 0. The summed E-state index contributed by atoms with van der Waals surface area (Å²) < 4.78 is 0. The molecule has 0 saturated heterocycles. The van der Waals surface area contributed by atoms with Gasteiger partial charge in [0.25, 0.3) is 0 Å². The molecule has 6 rings (SSSR count). The Balaban J connectivity index is 1.64. The Hall–Kier alpha value is -2.99. The Labute approximate surface area is 218 Å². The summed E-state index contributed by atoms with van der Waals surface area (Å²) in [5.41, 5.74) is 11.2. The molecule has 0 nitrogen and oxygen atoms in total. The number of rotatable bonds is 5. The van der Waals surface area contributed by atoms with E-state index in [1.54, 1.807) is 22.3 Å². The highest BCUT2D eigenvalue weighted by atomic mass is 31.1. The second-order valence-electron chi connectivity index (χ2n) is 10.3. The second-order valence-corrected chi connectivity index (χ2v) is 15.2. The molecule has 2 heteroatoms. The molecule has 0 N–H and O–H groups in total. The predicted octanol–water partition coefficient (Wildman–Crippen LogP) is 7.81. The summed E-state index contributed by atoms with van der Waals surface area (Å²) in [6, 6.07) is 38.6. The molecule has 4 aromatic carbocycles. The van der Waals surface area contributed by atoms with Gasteiger partial charge in [0.05, 0.1) is 8.80 Å². The summed E-state index contributed by atoms with van der Waals surface area (Å²) in [5, 5.41) is 4.35. The van der Waals surface area contributed by atoms with Crippen molar-refractivity contribution in [3.63, 3.8) is 0 Å². The zero-order valence-electron chi connectivity index (χ0n) is 21.5. The average Bonchev–Trinajstić information content (AvgIpc) is 3.38. The van der Waals surface area contributed by atoms with Gasteiger partial charge in [0.1, 0.15) is 0 Å². The normalized spacial score (nSPS) is 18.6. The van der Waals surface area contributed by atoms with E-state index in [0.717, 1.165) is 0 Å². The van der Waals surface area contributed by atoms with Gasteiger partial charge in [0.15, 0.2) is 0 Å². The van der Waals surface area contributed by atoms with Gasteiger partial charge in [-0.25, -0.2) is 0 Å². The number of benzene rings is 4. The van der Waals surface area contributed by atoms with Gasteiger partial charge in [-0.1, -0.05) is 133 Å². The van der Waals surface area contributed by atoms with Crippen molar-refractivity contribution in [3.05, 3.63) is 137 Å². The number of allylic oxidation sites excluding steroid dienone is 3. The Morgan fingerprint density at radius 1 is 0.639 bits per heavy atom. The lowest BCUT2D eigenvalue weighted by Crippen LogP contribution is -2.24. The Morgan fingerprint density at radius 3 is 1.86 bits per heavy atom. The molecule has 1 radical (unpaired) electrons. The molecule has 4 aromatic rings. The standard InChI is InChI=1S/C34H32PSi/c1-23-22-25-14-11-12-19-28(25)31(23)32-24(2)34(36(3)4)29-20-13-21-30(33(29)32)35(26-15-7-5-8-16-26)27-17-9-6-10-18-27/h5-22,31,34H,1-4H3. The maximum absolute atomic E-state index is 2.49. The van der Waals surface area contributed by atoms with Gasteiger partial charge in [-0.2, -0.15) is 0 Å². The van der Waals surface area contributed by atoms with E-state index < -0.39 is 16.7 Å². The van der Waals surface area contributed by atoms with Gasteiger partial charge >= 0.3 is 0 Å². The van der Waals surface area contributed by atoms with Gasteiger partial charge in [-0.15, -0.1) is 0 Å². The van der Waals surface area contributed by atoms with E-state index in [9.17, 15) is 0 Å². The highest BCUT2D eigenvalue weighted by Crippen LogP contribution is 2.55. The maximum Gasteiger partial charge on any atom is 0.0552 e. The average molecular weight is 500 g/mol. The van der Waals surface area contributed by atoms with Gasteiger partial charge in [0, 0.05) is 5.92 Å². The van der Waals surface area contributed by atoms with Crippen LogP contribution in [-0.2, 0) is 0 Å². The molecule has 0 heterocycles. The Bertz CT molecular complexity index is 1440. The largest absolute Gasteiger partial charge is 0.0705 e. The van der Waals surface area contributed by atoms with E-state index in [1.165, 1.54) is 32.6 Å². The van der Waals surface area contributed by atoms with E-state index in [2.05, 4.69) is 136 Å². The SMILES string of the molecule is CC1=Cc2ccccc2C1C1=C(C)C([Si](C)C)c2cccc(P(c3ccccc3)c3ccccc3)c21. The van der Waals surface area contributed by atoms with Crippen molar-refractivity contribution in [3.8, 4) is 0 Å². The fourth-order valence-electron chi connectivity index (χ4n) is 6.42. The first-order chi connectivity index (χ1) is 17.6. The van der Waals surface area contributed by atoms with Crippen molar-refractivity contribution < 1.29 is 0 Å². The van der Waals surface area contributed by atoms with Crippen LogP contribution in [0.25, 0.3) is 11.6 Å². The molecule has 2 atom stereocenters. The van der Waals surface area contributed by atoms with Crippen LogP contribution >= 0.6 is 7.92 Å². The summed E-state index contributed by atoms with van der Waals surface area (Å²) in [5.74, 6) is 0.343. The van der Waals surface area contributed by atoms with Crippen LogP contribution in [0.5, 0.6) is 0 Å². The van der Waals surface area contributed by atoms with Crippen LogP contribution in [0, 0.1) is 0 Å². The van der Waals surface area contributed by atoms with E-state index in [1.807, 2.05) is 0 Å². The van der Waals surface area contributed by atoms with Crippen molar-refractivity contribution in [2.45, 2.75) is 38.4 Å². The minimum Gasteiger partial charge on any atom is -0.0705 e. The molecule has 36 heavy (non-hydrogen) atoms.